The normalized spacial score (nSPS) is 11.9. The number of para-hydroxylation sites is 3. The predicted molar refractivity (Wildman–Crippen MR) is 219 cm³/mol. The number of thiophene rings is 1. The van der Waals surface area contributed by atoms with Crippen LogP contribution in [0.25, 0.3) is 97.4 Å². The quantitative estimate of drug-likeness (QED) is 0.177. The Bertz CT molecular complexity index is 3130. The van der Waals surface area contributed by atoms with Crippen molar-refractivity contribution in [2.24, 2.45) is 0 Å². The first kappa shape index (κ1) is 28.4. The number of aromatic nitrogens is 2. The highest BCUT2D eigenvalue weighted by molar-refractivity contribution is 7.25. The Morgan fingerprint density at radius 1 is 0.333 bits per heavy atom. The Hall–Kier alpha value is -6.42. The van der Waals surface area contributed by atoms with Gasteiger partial charge >= 0.3 is 0 Å². The zero-order valence-electron chi connectivity index (χ0n) is 27.6. The first-order valence-electron chi connectivity index (χ1n) is 17.4. The zero-order valence-corrected chi connectivity index (χ0v) is 28.4. The lowest BCUT2D eigenvalue weighted by Crippen LogP contribution is -1.99. The highest BCUT2D eigenvalue weighted by Crippen LogP contribution is 2.49. The number of hydrogen-bond acceptors (Lipinski definition) is 1. The van der Waals surface area contributed by atoms with Crippen LogP contribution in [0.3, 0.4) is 0 Å². The monoisotopic (exact) mass is 666 g/mol. The van der Waals surface area contributed by atoms with Crippen molar-refractivity contribution >= 4 is 75.1 Å². The van der Waals surface area contributed by atoms with E-state index in [-0.39, 0.29) is 0 Å². The van der Waals surface area contributed by atoms with E-state index in [1.807, 2.05) is 11.3 Å². The van der Waals surface area contributed by atoms with Gasteiger partial charge in [0.25, 0.3) is 0 Å². The summed E-state index contributed by atoms with van der Waals surface area (Å²) in [6, 6.07) is 66.6. The molecule has 0 saturated carbocycles. The van der Waals surface area contributed by atoms with Gasteiger partial charge in [-0.25, -0.2) is 0 Å². The summed E-state index contributed by atoms with van der Waals surface area (Å²) in [6.45, 7) is 0. The van der Waals surface area contributed by atoms with Crippen LogP contribution in [0.5, 0.6) is 0 Å². The molecular weight excluding hydrogens is 637 g/mol. The van der Waals surface area contributed by atoms with E-state index in [9.17, 15) is 0 Å². The van der Waals surface area contributed by atoms with E-state index in [1.165, 1.54) is 86.0 Å². The van der Waals surface area contributed by atoms with E-state index in [0.717, 1.165) is 11.4 Å². The predicted octanol–water partition coefficient (Wildman–Crippen LogP) is 13.6. The maximum atomic E-state index is 2.52. The average Bonchev–Trinajstić information content (AvgIpc) is 3.86. The lowest BCUT2D eigenvalue weighted by Gasteiger charge is -2.15. The summed E-state index contributed by atoms with van der Waals surface area (Å²) in [6.07, 6.45) is 0. The molecule has 0 aliphatic carbocycles. The first-order chi connectivity index (χ1) is 25.3. The Morgan fingerprint density at radius 2 is 0.922 bits per heavy atom. The second-order valence-electron chi connectivity index (χ2n) is 13.3. The topological polar surface area (TPSA) is 9.86 Å². The summed E-state index contributed by atoms with van der Waals surface area (Å²) in [7, 11) is 0. The molecule has 0 aliphatic heterocycles. The maximum Gasteiger partial charge on any atom is 0.0795 e. The van der Waals surface area contributed by atoms with Crippen molar-refractivity contribution in [2.75, 3.05) is 0 Å². The van der Waals surface area contributed by atoms with Crippen LogP contribution in [0, 0.1) is 0 Å². The van der Waals surface area contributed by atoms with Gasteiger partial charge in [-0.2, -0.15) is 0 Å². The number of hydrogen-bond donors (Lipinski definition) is 0. The van der Waals surface area contributed by atoms with Crippen LogP contribution >= 0.6 is 11.3 Å². The van der Waals surface area contributed by atoms with Gasteiger partial charge in [-0.15, -0.1) is 11.3 Å². The van der Waals surface area contributed by atoms with Crippen LogP contribution in [0.1, 0.15) is 0 Å². The van der Waals surface area contributed by atoms with Crippen LogP contribution in [0.15, 0.2) is 182 Å². The molecule has 0 fully saturated rings. The molecule has 3 aromatic heterocycles. The summed E-state index contributed by atoms with van der Waals surface area (Å²) in [5.74, 6) is 0. The number of rotatable bonds is 4. The molecule has 11 aromatic rings. The maximum absolute atomic E-state index is 2.52. The van der Waals surface area contributed by atoms with Gasteiger partial charge in [0.15, 0.2) is 0 Å². The minimum atomic E-state index is 1.14. The molecular formula is C48H30N2S. The van der Waals surface area contributed by atoms with Gasteiger partial charge in [0.2, 0.25) is 0 Å². The minimum absolute atomic E-state index is 1.14. The van der Waals surface area contributed by atoms with Crippen LogP contribution in [0.2, 0.25) is 0 Å². The van der Waals surface area contributed by atoms with Gasteiger partial charge in [-0.3, -0.25) is 0 Å². The Balaban J connectivity index is 1.39. The molecule has 238 valence electrons. The van der Waals surface area contributed by atoms with Gasteiger partial charge in [-0.1, -0.05) is 127 Å². The van der Waals surface area contributed by atoms with E-state index in [1.54, 1.807) is 0 Å². The van der Waals surface area contributed by atoms with Crippen LogP contribution < -0.4 is 0 Å². The van der Waals surface area contributed by atoms with Gasteiger partial charge in [0.05, 0.1) is 22.1 Å². The lowest BCUT2D eigenvalue weighted by atomic mass is 9.93. The molecule has 0 saturated heterocycles. The number of benzene rings is 8. The molecule has 0 aliphatic rings. The molecule has 0 bridgehead atoms. The SMILES string of the molecule is c1ccc(-c2cccc(-n3c4ccccc4c4c(-c5cccc6sc7ccccc7c56)cc5c6ccccc6n(-c6ccccc6)c5c43)c2)cc1. The Labute approximate surface area is 298 Å². The fourth-order valence-corrected chi connectivity index (χ4v) is 9.51. The van der Waals surface area contributed by atoms with Crippen molar-refractivity contribution in [3.05, 3.63) is 182 Å². The van der Waals surface area contributed by atoms with Crippen LogP contribution in [-0.4, -0.2) is 9.13 Å². The Morgan fingerprint density at radius 3 is 1.75 bits per heavy atom. The van der Waals surface area contributed by atoms with Crippen LogP contribution in [0.4, 0.5) is 0 Å². The van der Waals surface area contributed by atoms with Gasteiger partial charge in [0.1, 0.15) is 0 Å². The largest absolute Gasteiger partial charge is 0.307 e. The Kier molecular flexibility index (Phi) is 6.16. The molecule has 0 spiro atoms. The summed E-state index contributed by atoms with van der Waals surface area (Å²) in [4.78, 5) is 0. The lowest BCUT2D eigenvalue weighted by molar-refractivity contribution is 1.15. The summed E-state index contributed by atoms with van der Waals surface area (Å²) in [5.41, 5.74) is 12.1. The van der Waals surface area contributed by atoms with Gasteiger partial charge in [0, 0.05) is 53.1 Å². The standard InChI is InChI=1S/C48H30N2S/c1-3-15-31(16-4-1)32-17-13-20-34(29-32)50-42-26-11-8-22-37(42)46-39(36-24-14-28-44-45(36)38-23-9-12-27-43(38)51-44)30-40-35-21-7-10-25-41(35)49(47(40)48(46)50)33-18-5-2-6-19-33/h1-30H. The third-order valence-electron chi connectivity index (χ3n) is 10.5. The molecule has 8 aromatic carbocycles. The molecule has 0 N–H and O–H groups in total. The minimum Gasteiger partial charge on any atom is -0.307 e. The molecule has 51 heavy (non-hydrogen) atoms. The van der Waals surface area contributed by atoms with Crippen LogP contribution in [-0.2, 0) is 0 Å². The van der Waals surface area contributed by atoms with Crippen molar-refractivity contribution in [1.82, 2.24) is 9.13 Å². The van der Waals surface area contributed by atoms with E-state index >= 15 is 0 Å². The first-order valence-corrected chi connectivity index (χ1v) is 18.3. The summed E-state index contributed by atoms with van der Waals surface area (Å²) >= 11 is 1.88. The molecule has 11 rings (SSSR count). The van der Waals surface area contributed by atoms with E-state index in [2.05, 4.69) is 191 Å². The fourth-order valence-electron chi connectivity index (χ4n) is 8.38. The third-order valence-corrected chi connectivity index (χ3v) is 11.6. The summed E-state index contributed by atoms with van der Waals surface area (Å²) < 4.78 is 7.63. The van der Waals surface area contributed by atoms with Crippen molar-refractivity contribution in [3.8, 4) is 33.6 Å². The molecule has 0 amide bonds. The number of nitrogens with zero attached hydrogens (tertiary/aromatic N) is 2. The van der Waals surface area contributed by atoms with Gasteiger partial charge < -0.3 is 9.13 Å². The fraction of sp³-hybridized carbons (Fsp3) is 0. The average molecular weight is 667 g/mol. The van der Waals surface area contributed by atoms with Crippen molar-refractivity contribution < 1.29 is 0 Å². The van der Waals surface area contributed by atoms with Crippen molar-refractivity contribution in [3.63, 3.8) is 0 Å². The third kappa shape index (κ3) is 4.16. The van der Waals surface area contributed by atoms with Crippen molar-refractivity contribution in [1.29, 1.82) is 0 Å². The molecule has 0 unspecified atom stereocenters. The second kappa shape index (κ2) is 11.0. The molecule has 2 nitrogen and oxygen atoms in total. The smallest absolute Gasteiger partial charge is 0.0795 e. The molecule has 3 heteroatoms. The van der Waals surface area contributed by atoms with Crippen molar-refractivity contribution in [2.45, 2.75) is 0 Å². The van der Waals surface area contributed by atoms with E-state index in [4.69, 9.17) is 0 Å². The summed E-state index contributed by atoms with van der Waals surface area (Å²) in [5, 5.41) is 7.65. The highest BCUT2D eigenvalue weighted by Gasteiger charge is 2.25. The number of fused-ring (bicyclic) bond motifs is 10. The highest BCUT2D eigenvalue weighted by atomic mass is 32.1. The van der Waals surface area contributed by atoms with Gasteiger partial charge in [-0.05, 0) is 76.9 Å². The zero-order chi connectivity index (χ0) is 33.5. The molecule has 0 atom stereocenters. The molecule has 3 heterocycles. The van der Waals surface area contributed by atoms with E-state index in [0.29, 0.717) is 0 Å². The van der Waals surface area contributed by atoms with E-state index < -0.39 is 0 Å². The second-order valence-corrected chi connectivity index (χ2v) is 14.4. The molecule has 0 radical (unpaired) electrons.